The van der Waals surface area contributed by atoms with Gasteiger partial charge in [0.25, 0.3) is 0 Å². The lowest BCUT2D eigenvalue weighted by molar-refractivity contribution is -0.148. The first kappa shape index (κ1) is 17.5. The van der Waals surface area contributed by atoms with Gasteiger partial charge < -0.3 is 15.3 Å². The van der Waals surface area contributed by atoms with Gasteiger partial charge in [-0.15, -0.1) is 0 Å². The summed E-state index contributed by atoms with van der Waals surface area (Å²) < 4.78 is 0. The van der Waals surface area contributed by atoms with Crippen LogP contribution >= 0.6 is 0 Å². The number of aliphatic carboxylic acids is 1. The van der Waals surface area contributed by atoms with Crippen LogP contribution in [0.15, 0.2) is 0 Å². The van der Waals surface area contributed by atoms with E-state index in [4.69, 9.17) is 5.11 Å². The molecule has 0 bridgehead atoms. The molecule has 2 amide bonds. The predicted octanol–water partition coefficient (Wildman–Crippen LogP) is 1.25. The Hall–Kier alpha value is -1.59. The zero-order chi connectivity index (χ0) is 16.4. The van der Waals surface area contributed by atoms with Gasteiger partial charge in [0.15, 0.2) is 0 Å². The number of amides is 2. The maximum Gasteiger partial charge on any atom is 0.328 e. The molecule has 0 aromatic heterocycles. The summed E-state index contributed by atoms with van der Waals surface area (Å²) in [6.07, 6.45) is 1.43. The van der Waals surface area contributed by atoms with Crippen molar-refractivity contribution < 1.29 is 19.5 Å². The molecular formula is C15H26N2O4. The summed E-state index contributed by atoms with van der Waals surface area (Å²) >= 11 is 0. The molecule has 0 aromatic carbocycles. The molecule has 6 heteroatoms. The number of carbonyl (C=O) groups is 3. The molecule has 1 saturated heterocycles. The van der Waals surface area contributed by atoms with Gasteiger partial charge in [0.05, 0.1) is 5.92 Å². The SMILES string of the molecule is CC(C)(C)C(=O)N1CCCC(C(=O)NC(C)(C)C(=O)O)C1. The van der Waals surface area contributed by atoms with Crippen LogP contribution in [0.3, 0.4) is 0 Å². The van der Waals surface area contributed by atoms with E-state index in [9.17, 15) is 14.4 Å². The monoisotopic (exact) mass is 298 g/mol. The lowest BCUT2D eigenvalue weighted by Gasteiger charge is -2.36. The first-order valence-corrected chi connectivity index (χ1v) is 7.30. The summed E-state index contributed by atoms with van der Waals surface area (Å²) in [6, 6.07) is 0. The quantitative estimate of drug-likeness (QED) is 0.821. The van der Waals surface area contributed by atoms with E-state index >= 15 is 0 Å². The van der Waals surface area contributed by atoms with Crippen LogP contribution in [0.4, 0.5) is 0 Å². The number of nitrogens with one attached hydrogen (secondary N) is 1. The van der Waals surface area contributed by atoms with Crippen molar-refractivity contribution in [3.8, 4) is 0 Å². The van der Waals surface area contributed by atoms with Crippen LogP contribution in [0.5, 0.6) is 0 Å². The van der Waals surface area contributed by atoms with Crippen LogP contribution in [-0.4, -0.2) is 46.4 Å². The molecule has 1 heterocycles. The van der Waals surface area contributed by atoms with Crippen molar-refractivity contribution in [1.82, 2.24) is 10.2 Å². The molecule has 1 aliphatic heterocycles. The molecule has 0 radical (unpaired) electrons. The smallest absolute Gasteiger partial charge is 0.328 e. The minimum Gasteiger partial charge on any atom is -0.480 e. The van der Waals surface area contributed by atoms with E-state index in [0.717, 1.165) is 6.42 Å². The number of nitrogens with zero attached hydrogens (tertiary/aromatic N) is 1. The lowest BCUT2D eigenvalue weighted by atomic mass is 9.90. The van der Waals surface area contributed by atoms with Gasteiger partial charge in [-0.3, -0.25) is 9.59 Å². The van der Waals surface area contributed by atoms with Crippen molar-refractivity contribution in [3.63, 3.8) is 0 Å². The molecule has 21 heavy (non-hydrogen) atoms. The van der Waals surface area contributed by atoms with Crippen LogP contribution in [0, 0.1) is 11.3 Å². The summed E-state index contributed by atoms with van der Waals surface area (Å²) in [6.45, 7) is 9.48. The molecule has 1 fully saturated rings. The molecule has 2 N–H and O–H groups in total. The van der Waals surface area contributed by atoms with E-state index in [0.29, 0.717) is 19.5 Å². The van der Waals surface area contributed by atoms with Gasteiger partial charge in [-0.2, -0.15) is 0 Å². The normalized spacial score (nSPS) is 20.0. The molecule has 0 spiro atoms. The van der Waals surface area contributed by atoms with Crippen LogP contribution < -0.4 is 5.32 Å². The van der Waals surface area contributed by atoms with Gasteiger partial charge in [0.2, 0.25) is 11.8 Å². The summed E-state index contributed by atoms with van der Waals surface area (Å²) in [5, 5.41) is 11.6. The minimum atomic E-state index is -1.30. The first-order valence-electron chi connectivity index (χ1n) is 7.30. The number of rotatable bonds is 3. The third-order valence-corrected chi connectivity index (χ3v) is 3.69. The Labute approximate surface area is 125 Å². The Bertz CT molecular complexity index is 437. The molecule has 1 unspecified atom stereocenters. The van der Waals surface area contributed by atoms with E-state index in [1.165, 1.54) is 13.8 Å². The number of hydrogen-bond acceptors (Lipinski definition) is 3. The van der Waals surface area contributed by atoms with E-state index < -0.39 is 16.9 Å². The second-order valence-electron chi connectivity index (χ2n) is 7.26. The van der Waals surface area contributed by atoms with Crippen molar-refractivity contribution in [2.24, 2.45) is 11.3 Å². The van der Waals surface area contributed by atoms with Gasteiger partial charge >= 0.3 is 5.97 Å². The number of carboxylic acid groups (broad SMARTS) is 1. The predicted molar refractivity (Wildman–Crippen MR) is 78.6 cm³/mol. The second-order valence-corrected chi connectivity index (χ2v) is 7.26. The van der Waals surface area contributed by atoms with E-state index in [1.54, 1.807) is 4.90 Å². The Kier molecular flexibility index (Phi) is 5.02. The highest BCUT2D eigenvalue weighted by atomic mass is 16.4. The summed E-state index contributed by atoms with van der Waals surface area (Å²) in [5.74, 6) is -1.69. The average Bonchev–Trinajstić information content (AvgIpc) is 2.36. The number of carboxylic acids is 1. The van der Waals surface area contributed by atoms with E-state index in [2.05, 4.69) is 5.32 Å². The third-order valence-electron chi connectivity index (χ3n) is 3.69. The van der Waals surface area contributed by atoms with Crippen molar-refractivity contribution in [3.05, 3.63) is 0 Å². The molecular weight excluding hydrogens is 272 g/mol. The summed E-state index contributed by atoms with van der Waals surface area (Å²) in [5.41, 5.74) is -1.77. The molecule has 1 aliphatic rings. The highest BCUT2D eigenvalue weighted by Crippen LogP contribution is 2.24. The number of piperidine rings is 1. The van der Waals surface area contributed by atoms with Gasteiger partial charge in [-0.1, -0.05) is 20.8 Å². The summed E-state index contributed by atoms with van der Waals surface area (Å²) in [4.78, 5) is 37.3. The molecule has 0 aromatic rings. The summed E-state index contributed by atoms with van der Waals surface area (Å²) in [7, 11) is 0. The van der Waals surface area contributed by atoms with Gasteiger partial charge in [0, 0.05) is 18.5 Å². The van der Waals surface area contributed by atoms with E-state index in [-0.39, 0.29) is 17.7 Å². The molecule has 1 atom stereocenters. The molecule has 0 saturated carbocycles. The van der Waals surface area contributed by atoms with E-state index in [1.807, 2.05) is 20.8 Å². The molecule has 1 rings (SSSR count). The third kappa shape index (κ3) is 4.44. The maximum absolute atomic E-state index is 12.3. The fourth-order valence-electron chi connectivity index (χ4n) is 2.31. The Morgan fingerprint density at radius 2 is 1.71 bits per heavy atom. The van der Waals surface area contributed by atoms with Gasteiger partial charge in [0.1, 0.15) is 5.54 Å². The van der Waals surface area contributed by atoms with Crippen LogP contribution in [0.1, 0.15) is 47.5 Å². The maximum atomic E-state index is 12.3. The Morgan fingerprint density at radius 3 is 2.19 bits per heavy atom. The van der Waals surface area contributed by atoms with Crippen molar-refractivity contribution in [1.29, 1.82) is 0 Å². The minimum absolute atomic E-state index is 0.0255. The molecule has 120 valence electrons. The van der Waals surface area contributed by atoms with Crippen molar-refractivity contribution in [2.75, 3.05) is 13.1 Å². The standard InChI is InChI=1S/C15H26N2O4/c1-14(2,3)12(19)17-8-6-7-10(9-17)11(18)16-15(4,5)13(20)21/h10H,6-9H2,1-5H3,(H,16,18)(H,20,21). The van der Waals surface area contributed by atoms with Crippen LogP contribution in [0.25, 0.3) is 0 Å². The fourth-order valence-corrected chi connectivity index (χ4v) is 2.31. The Balaban J connectivity index is 2.71. The Morgan fingerprint density at radius 1 is 1.14 bits per heavy atom. The van der Waals surface area contributed by atoms with Crippen LogP contribution in [0.2, 0.25) is 0 Å². The van der Waals surface area contributed by atoms with Crippen molar-refractivity contribution in [2.45, 2.75) is 53.0 Å². The fraction of sp³-hybridized carbons (Fsp3) is 0.800. The highest BCUT2D eigenvalue weighted by molar-refractivity contribution is 5.88. The molecule has 0 aliphatic carbocycles. The number of hydrogen-bond donors (Lipinski definition) is 2. The molecule has 6 nitrogen and oxygen atoms in total. The van der Waals surface area contributed by atoms with Gasteiger partial charge in [-0.25, -0.2) is 4.79 Å². The van der Waals surface area contributed by atoms with Crippen molar-refractivity contribution >= 4 is 17.8 Å². The number of likely N-dealkylation sites (tertiary alicyclic amines) is 1. The zero-order valence-electron chi connectivity index (χ0n) is 13.5. The van der Waals surface area contributed by atoms with Gasteiger partial charge in [-0.05, 0) is 26.7 Å². The highest BCUT2D eigenvalue weighted by Gasteiger charge is 2.36. The second kappa shape index (κ2) is 6.03. The first-order chi connectivity index (χ1) is 9.45. The van der Waals surface area contributed by atoms with Crippen LogP contribution in [-0.2, 0) is 14.4 Å². The number of carbonyl (C=O) groups excluding carboxylic acids is 2. The lowest BCUT2D eigenvalue weighted by Crippen LogP contribution is -2.55. The average molecular weight is 298 g/mol. The topological polar surface area (TPSA) is 86.7 Å². The largest absolute Gasteiger partial charge is 0.480 e. The zero-order valence-corrected chi connectivity index (χ0v) is 13.5.